The normalized spacial score (nSPS) is 18.8. The second-order valence-corrected chi connectivity index (χ2v) is 4.99. The molecule has 0 bridgehead atoms. The van der Waals surface area contributed by atoms with Gasteiger partial charge in [-0.15, -0.1) is 0 Å². The van der Waals surface area contributed by atoms with Crippen LogP contribution in [0.25, 0.3) is 0 Å². The van der Waals surface area contributed by atoms with Crippen molar-refractivity contribution in [1.29, 1.82) is 0 Å². The van der Waals surface area contributed by atoms with Gasteiger partial charge in [-0.05, 0) is 26.7 Å². The summed E-state index contributed by atoms with van der Waals surface area (Å²) in [6.45, 7) is 4.42. The zero-order valence-electron chi connectivity index (χ0n) is 10.7. The van der Waals surface area contributed by atoms with Crippen LogP contribution in [0.1, 0.15) is 37.1 Å². The molecule has 0 spiro atoms. The number of aryl methyl sites for hydroxylation is 1. The summed E-state index contributed by atoms with van der Waals surface area (Å²) in [5.74, 6) is 0.0794. The fraction of sp³-hybridized carbons (Fsp3) is 0.667. The van der Waals surface area contributed by atoms with Gasteiger partial charge in [0, 0.05) is 24.8 Å². The zero-order chi connectivity index (χ0) is 12.6. The number of carbonyl (C=O) groups excluding carboxylic acids is 1. The third kappa shape index (κ3) is 2.07. The second kappa shape index (κ2) is 4.14. The summed E-state index contributed by atoms with van der Waals surface area (Å²) in [6.07, 6.45) is 3.63. The molecule has 94 valence electrons. The molecule has 1 amide bonds. The van der Waals surface area contributed by atoms with Crippen molar-refractivity contribution >= 4 is 5.91 Å². The van der Waals surface area contributed by atoms with Gasteiger partial charge < -0.3 is 11.1 Å². The zero-order valence-corrected chi connectivity index (χ0v) is 10.7. The van der Waals surface area contributed by atoms with Gasteiger partial charge in [-0.25, -0.2) is 0 Å². The fourth-order valence-electron chi connectivity index (χ4n) is 2.04. The first-order valence-corrected chi connectivity index (χ1v) is 6.00. The van der Waals surface area contributed by atoms with Crippen molar-refractivity contribution in [1.82, 2.24) is 15.1 Å². The number of nitrogens with one attached hydrogen (secondary N) is 1. The van der Waals surface area contributed by atoms with Crippen molar-refractivity contribution in [2.75, 3.05) is 6.54 Å². The van der Waals surface area contributed by atoms with Crippen LogP contribution in [0, 0.1) is 12.3 Å². The van der Waals surface area contributed by atoms with E-state index in [0.717, 1.165) is 24.1 Å². The Morgan fingerprint density at radius 2 is 2.35 bits per heavy atom. The average Bonchev–Trinajstić information content (AvgIpc) is 3.03. The molecule has 5 nitrogen and oxygen atoms in total. The van der Waals surface area contributed by atoms with Crippen LogP contribution in [0.3, 0.4) is 0 Å². The van der Waals surface area contributed by atoms with Crippen molar-refractivity contribution in [2.45, 2.75) is 32.7 Å². The Morgan fingerprint density at radius 1 is 1.71 bits per heavy atom. The Kier molecular flexibility index (Phi) is 2.95. The molecule has 1 aliphatic rings. The third-order valence-electron chi connectivity index (χ3n) is 3.81. The van der Waals surface area contributed by atoms with Crippen LogP contribution in [-0.2, 0) is 11.8 Å². The lowest BCUT2D eigenvalue weighted by atomic mass is 10.0. The molecule has 0 saturated heterocycles. The molecule has 0 radical (unpaired) electrons. The lowest BCUT2D eigenvalue weighted by molar-refractivity contribution is -0.126. The topological polar surface area (TPSA) is 72.9 Å². The first kappa shape index (κ1) is 12.1. The number of hydrogen-bond donors (Lipinski definition) is 2. The molecule has 3 N–H and O–H groups in total. The Bertz CT molecular complexity index is 434. The van der Waals surface area contributed by atoms with Crippen molar-refractivity contribution in [2.24, 2.45) is 18.2 Å². The van der Waals surface area contributed by atoms with Crippen LogP contribution < -0.4 is 11.1 Å². The van der Waals surface area contributed by atoms with E-state index in [-0.39, 0.29) is 17.4 Å². The van der Waals surface area contributed by atoms with Crippen molar-refractivity contribution in [3.05, 3.63) is 17.5 Å². The molecule has 0 aliphatic heterocycles. The number of hydrogen-bond acceptors (Lipinski definition) is 3. The molecule has 5 heteroatoms. The van der Waals surface area contributed by atoms with Gasteiger partial charge in [0.05, 0.1) is 17.7 Å². The maximum Gasteiger partial charge on any atom is 0.227 e. The summed E-state index contributed by atoms with van der Waals surface area (Å²) >= 11 is 0. The van der Waals surface area contributed by atoms with Crippen LogP contribution >= 0.6 is 0 Å². The maximum absolute atomic E-state index is 12.0. The molecule has 1 unspecified atom stereocenters. The van der Waals surface area contributed by atoms with Gasteiger partial charge in [0.25, 0.3) is 0 Å². The number of nitrogens with two attached hydrogens (primary N) is 1. The third-order valence-corrected chi connectivity index (χ3v) is 3.81. The summed E-state index contributed by atoms with van der Waals surface area (Å²) in [6, 6.07) is -0.0137. The second-order valence-electron chi connectivity index (χ2n) is 4.99. The Morgan fingerprint density at radius 3 is 2.76 bits per heavy atom. The van der Waals surface area contributed by atoms with Gasteiger partial charge in [0.1, 0.15) is 0 Å². The minimum Gasteiger partial charge on any atom is -0.349 e. The Labute approximate surface area is 101 Å². The van der Waals surface area contributed by atoms with Gasteiger partial charge in [-0.3, -0.25) is 9.48 Å². The molecule has 1 heterocycles. The highest BCUT2D eigenvalue weighted by molar-refractivity contribution is 5.85. The highest BCUT2D eigenvalue weighted by Gasteiger charge is 2.48. The van der Waals surface area contributed by atoms with Gasteiger partial charge in [0.15, 0.2) is 0 Å². The van der Waals surface area contributed by atoms with Crippen LogP contribution in [0.4, 0.5) is 0 Å². The summed E-state index contributed by atoms with van der Waals surface area (Å²) in [4.78, 5) is 12.0. The van der Waals surface area contributed by atoms with Crippen molar-refractivity contribution in [3.63, 3.8) is 0 Å². The van der Waals surface area contributed by atoms with Gasteiger partial charge >= 0.3 is 0 Å². The lowest BCUT2D eigenvalue weighted by Crippen LogP contribution is -2.38. The number of carbonyl (C=O) groups is 1. The van der Waals surface area contributed by atoms with Crippen LogP contribution in [0.15, 0.2) is 6.20 Å². The molecule has 1 saturated carbocycles. The molecular weight excluding hydrogens is 216 g/mol. The smallest absolute Gasteiger partial charge is 0.227 e. The van der Waals surface area contributed by atoms with E-state index in [1.165, 1.54) is 0 Å². The van der Waals surface area contributed by atoms with Gasteiger partial charge in [-0.2, -0.15) is 5.10 Å². The van der Waals surface area contributed by atoms with Gasteiger partial charge in [0.2, 0.25) is 5.91 Å². The standard InChI is InChI=1S/C12H20N4O/c1-8(10-6-14-16(3)9(10)2)15-11(17)12(7-13)4-5-12/h6,8H,4-5,7,13H2,1-3H3,(H,15,17). The van der Waals surface area contributed by atoms with E-state index in [2.05, 4.69) is 10.4 Å². The van der Waals surface area contributed by atoms with Crippen LogP contribution in [0.5, 0.6) is 0 Å². The predicted molar refractivity (Wildman–Crippen MR) is 65.2 cm³/mol. The number of amides is 1. The number of rotatable bonds is 4. The minimum atomic E-state index is -0.287. The number of nitrogens with zero attached hydrogens (tertiary/aromatic N) is 2. The summed E-state index contributed by atoms with van der Waals surface area (Å²) in [5, 5.41) is 7.21. The van der Waals surface area contributed by atoms with E-state index in [9.17, 15) is 4.79 Å². The fourth-order valence-corrected chi connectivity index (χ4v) is 2.04. The quantitative estimate of drug-likeness (QED) is 0.806. The average molecular weight is 236 g/mol. The van der Waals surface area contributed by atoms with E-state index in [4.69, 9.17) is 5.73 Å². The molecule has 1 aromatic rings. The van der Waals surface area contributed by atoms with Gasteiger partial charge in [-0.1, -0.05) is 0 Å². The van der Waals surface area contributed by atoms with E-state index in [1.807, 2.05) is 31.8 Å². The summed E-state index contributed by atoms with van der Waals surface area (Å²) < 4.78 is 1.81. The molecule has 1 atom stereocenters. The van der Waals surface area contributed by atoms with Crippen molar-refractivity contribution in [3.8, 4) is 0 Å². The number of aromatic nitrogens is 2. The SMILES string of the molecule is Cc1c(C(C)NC(=O)C2(CN)CC2)cnn1C. The van der Waals surface area contributed by atoms with E-state index < -0.39 is 0 Å². The first-order valence-electron chi connectivity index (χ1n) is 6.00. The lowest BCUT2D eigenvalue weighted by Gasteiger charge is -2.18. The first-order chi connectivity index (χ1) is 8.00. The molecule has 0 aromatic carbocycles. The highest BCUT2D eigenvalue weighted by Crippen LogP contribution is 2.45. The molecule has 17 heavy (non-hydrogen) atoms. The van der Waals surface area contributed by atoms with E-state index in [1.54, 1.807) is 0 Å². The molecular formula is C12H20N4O. The highest BCUT2D eigenvalue weighted by atomic mass is 16.2. The largest absolute Gasteiger partial charge is 0.349 e. The Balaban J connectivity index is 2.05. The maximum atomic E-state index is 12.0. The van der Waals surface area contributed by atoms with E-state index in [0.29, 0.717) is 6.54 Å². The summed E-state index contributed by atoms with van der Waals surface area (Å²) in [7, 11) is 1.90. The predicted octanol–water partition coefficient (Wildman–Crippen LogP) is 0.645. The Hall–Kier alpha value is -1.36. The van der Waals surface area contributed by atoms with Crippen LogP contribution in [-0.4, -0.2) is 22.2 Å². The van der Waals surface area contributed by atoms with E-state index >= 15 is 0 Å². The minimum absolute atomic E-state index is 0.0137. The monoisotopic (exact) mass is 236 g/mol. The van der Waals surface area contributed by atoms with Crippen molar-refractivity contribution < 1.29 is 4.79 Å². The molecule has 1 aromatic heterocycles. The van der Waals surface area contributed by atoms with Crippen LogP contribution in [0.2, 0.25) is 0 Å². The molecule has 1 fully saturated rings. The summed E-state index contributed by atoms with van der Waals surface area (Å²) in [5.41, 5.74) is 7.50. The molecule has 1 aliphatic carbocycles. The molecule has 2 rings (SSSR count).